The van der Waals surface area contributed by atoms with Gasteiger partial charge in [0, 0.05) is 6.20 Å². The van der Waals surface area contributed by atoms with Crippen LogP contribution in [0.4, 0.5) is 15.8 Å². The first kappa shape index (κ1) is 13.3. The average Bonchev–Trinajstić information content (AvgIpc) is 2.34. The van der Waals surface area contributed by atoms with Crippen molar-refractivity contribution in [3.8, 4) is 0 Å². The summed E-state index contributed by atoms with van der Waals surface area (Å²) in [6.45, 7) is 1.60. The van der Waals surface area contributed by atoms with Gasteiger partial charge in [0.25, 0.3) is 10.0 Å². The number of nitrogens with zero attached hydrogens (tertiary/aromatic N) is 1. The lowest BCUT2D eigenvalue weighted by molar-refractivity contribution is 0.595. The molecule has 0 saturated heterocycles. The predicted molar refractivity (Wildman–Crippen MR) is 70.6 cm³/mol. The summed E-state index contributed by atoms with van der Waals surface area (Å²) in [5.41, 5.74) is 5.93. The summed E-state index contributed by atoms with van der Waals surface area (Å²) < 4.78 is 40.0. The number of nitrogen functional groups attached to an aromatic ring is 1. The number of hydrogen-bond donors (Lipinski definition) is 2. The number of rotatable bonds is 3. The Bertz CT molecular complexity index is 696. The Morgan fingerprint density at radius 1 is 1.26 bits per heavy atom. The fraction of sp³-hybridized carbons (Fsp3) is 0.0833. The molecule has 0 bridgehead atoms. The van der Waals surface area contributed by atoms with Crippen LogP contribution in [0.5, 0.6) is 0 Å². The minimum Gasteiger partial charge on any atom is -0.396 e. The quantitative estimate of drug-likeness (QED) is 0.900. The molecule has 0 aliphatic rings. The lowest BCUT2D eigenvalue weighted by atomic mass is 10.2. The van der Waals surface area contributed by atoms with Gasteiger partial charge in [0.05, 0.1) is 11.4 Å². The molecule has 100 valence electrons. The van der Waals surface area contributed by atoms with Crippen molar-refractivity contribution in [2.75, 3.05) is 10.5 Å². The van der Waals surface area contributed by atoms with Gasteiger partial charge in [-0.3, -0.25) is 4.72 Å². The molecule has 7 heteroatoms. The maximum absolute atomic E-state index is 13.6. The van der Waals surface area contributed by atoms with Gasteiger partial charge in [-0.1, -0.05) is 12.1 Å². The molecule has 19 heavy (non-hydrogen) atoms. The van der Waals surface area contributed by atoms with Crippen LogP contribution >= 0.6 is 0 Å². The number of benzene rings is 1. The van der Waals surface area contributed by atoms with Crippen molar-refractivity contribution >= 4 is 21.4 Å². The number of anilines is 2. The van der Waals surface area contributed by atoms with Crippen molar-refractivity contribution in [1.29, 1.82) is 0 Å². The van der Waals surface area contributed by atoms with Gasteiger partial charge < -0.3 is 5.73 Å². The van der Waals surface area contributed by atoms with Crippen LogP contribution < -0.4 is 10.5 Å². The highest BCUT2D eigenvalue weighted by Gasteiger charge is 2.21. The number of nitrogens with two attached hydrogens (primary N) is 1. The molecule has 0 radical (unpaired) electrons. The summed E-state index contributed by atoms with van der Waals surface area (Å²) >= 11 is 0. The third-order valence-corrected chi connectivity index (χ3v) is 3.84. The van der Waals surface area contributed by atoms with E-state index >= 15 is 0 Å². The van der Waals surface area contributed by atoms with Gasteiger partial charge in [0.2, 0.25) is 0 Å². The third-order valence-electron chi connectivity index (χ3n) is 2.51. The number of hydrogen-bond acceptors (Lipinski definition) is 4. The molecule has 1 heterocycles. The Balaban J connectivity index is 2.46. The first-order valence-electron chi connectivity index (χ1n) is 5.40. The van der Waals surface area contributed by atoms with Crippen LogP contribution in [0.2, 0.25) is 0 Å². The van der Waals surface area contributed by atoms with Crippen LogP contribution in [0.25, 0.3) is 0 Å². The maximum Gasteiger partial charge on any atom is 0.281 e. The van der Waals surface area contributed by atoms with Crippen molar-refractivity contribution in [3.05, 3.63) is 47.9 Å². The van der Waals surface area contributed by atoms with E-state index < -0.39 is 15.8 Å². The summed E-state index contributed by atoms with van der Waals surface area (Å²) in [4.78, 5) is 3.71. The molecular weight excluding hydrogens is 269 g/mol. The van der Waals surface area contributed by atoms with E-state index in [0.717, 1.165) is 0 Å². The van der Waals surface area contributed by atoms with Crippen molar-refractivity contribution < 1.29 is 12.8 Å². The van der Waals surface area contributed by atoms with Crippen molar-refractivity contribution in [3.63, 3.8) is 0 Å². The second kappa shape index (κ2) is 4.85. The van der Waals surface area contributed by atoms with Gasteiger partial charge in [-0.2, -0.15) is 8.42 Å². The largest absolute Gasteiger partial charge is 0.396 e. The fourth-order valence-corrected chi connectivity index (χ4v) is 2.77. The Labute approximate surface area is 110 Å². The second-order valence-electron chi connectivity index (χ2n) is 3.94. The summed E-state index contributed by atoms with van der Waals surface area (Å²) in [7, 11) is -4.02. The SMILES string of the molecule is Cc1cccc(F)c1NS(=O)(=O)c1ncccc1N. The number of nitrogens with one attached hydrogen (secondary N) is 1. The molecule has 5 nitrogen and oxygen atoms in total. The zero-order chi connectivity index (χ0) is 14.0. The van der Waals surface area contributed by atoms with Crippen molar-refractivity contribution in [2.24, 2.45) is 0 Å². The molecule has 0 spiro atoms. The minimum atomic E-state index is -4.02. The molecule has 1 aromatic carbocycles. The topological polar surface area (TPSA) is 85.1 Å². The van der Waals surface area contributed by atoms with E-state index in [1.165, 1.54) is 30.5 Å². The van der Waals surface area contributed by atoms with Crippen molar-refractivity contribution in [1.82, 2.24) is 4.98 Å². The van der Waals surface area contributed by atoms with Crippen LogP contribution in [-0.2, 0) is 10.0 Å². The third kappa shape index (κ3) is 2.65. The van der Waals surface area contributed by atoms with Gasteiger partial charge in [-0.15, -0.1) is 0 Å². The highest BCUT2D eigenvalue weighted by atomic mass is 32.2. The zero-order valence-corrected chi connectivity index (χ0v) is 10.9. The molecule has 0 saturated carbocycles. The molecule has 1 aromatic heterocycles. The highest BCUT2D eigenvalue weighted by Crippen LogP contribution is 2.23. The van der Waals surface area contributed by atoms with Gasteiger partial charge in [-0.25, -0.2) is 9.37 Å². The standard InChI is InChI=1S/C12H12FN3O2S/c1-8-4-2-5-9(13)11(8)16-19(17,18)12-10(14)6-3-7-15-12/h2-7,16H,14H2,1H3. The predicted octanol–water partition coefficient (Wildman–Crippen LogP) is 1.91. The summed E-state index contributed by atoms with van der Waals surface area (Å²) in [6.07, 6.45) is 1.30. The molecular formula is C12H12FN3O2S. The molecule has 3 N–H and O–H groups in total. The monoisotopic (exact) mass is 281 g/mol. The van der Waals surface area contributed by atoms with E-state index in [1.807, 2.05) is 0 Å². The number of aryl methyl sites for hydroxylation is 1. The van der Waals surface area contributed by atoms with E-state index in [-0.39, 0.29) is 16.4 Å². The van der Waals surface area contributed by atoms with Crippen LogP contribution in [-0.4, -0.2) is 13.4 Å². The molecule has 0 atom stereocenters. The number of sulfonamides is 1. The van der Waals surface area contributed by atoms with Gasteiger partial charge in [-0.05, 0) is 30.7 Å². The van der Waals surface area contributed by atoms with E-state index in [0.29, 0.717) is 5.56 Å². The Kier molecular flexibility index (Phi) is 3.39. The van der Waals surface area contributed by atoms with E-state index in [2.05, 4.69) is 9.71 Å². The lowest BCUT2D eigenvalue weighted by Gasteiger charge is -2.11. The van der Waals surface area contributed by atoms with Gasteiger partial charge in [0.1, 0.15) is 5.82 Å². The van der Waals surface area contributed by atoms with Gasteiger partial charge >= 0.3 is 0 Å². The Morgan fingerprint density at radius 2 is 2.00 bits per heavy atom. The minimum absolute atomic E-state index is 0.00370. The molecule has 0 aliphatic carbocycles. The first-order chi connectivity index (χ1) is 8.92. The first-order valence-corrected chi connectivity index (χ1v) is 6.88. The van der Waals surface area contributed by atoms with Crippen LogP contribution in [0.3, 0.4) is 0 Å². The Morgan fingerprint density at radius 3 is 2.63 bits per heavy atom. The summed E-state index contributed by atoms with van der Waals surface area (Å²) in [5.74, 6) is -0.655. The zero-order valence-electron chi connectivity index (χ0n) is 10.1. The number of aromatic nitrogens is 1. The van der Waals surface area contributed by atoms with Crippen LogP contribution in [0, 0.1) is 12.7 Å². The van der Waals surface area contributed by atoms with Crippen LogP contribution in [0.15, 0.2) is 41.6 Å². The van der Waals surface area contributed by atoms with Crippen LogP contribution in [0.1, 0.15) is 5.56 Å². The normalized spacial score (nSPS) is 11.3. The number of halogens is 1. The summed E-state index contributed by atoms with van der Waals surface area (Å²) in [6, 6.07) is 7.20. The summed E-state index contributed by atoms with van der Waals surface area (Å²) in [5, 5.41) is -0.322. The number of pyridine rings is 1. The molecule has 0 unspecified atom stereocenters. The maximum atomic E-state index is 13.6. The highest BCUT2D eigenvalue weighted by molar-refractivity contribution is 7.92. The average molecular weight is 281 g/mol. The Hall–Kier alpha value is -2.15. The molecule has 0 fully saturated rings. The van der Waals surface area contributed by atoms with Crippen molar-refractivity contribution in [2.45, 2.75) is 11.9 Å². The van der Waals surface area contributed by atoms with E-state index in [4.69, 9.17) is 5.73 Å². The fourth-order valence-electron chi connectivity index (χ4n) is 1.57. The molecule has 2 aromatic rings. The molecule has 0 amide bonds. The molecule has 0 aliphatic heterocycles. The molecule has 2 rings (SSSR count). The smallest absolute Gasteiger partial charge is 0.281 e. The second-order valence-corrected chi connectivity index (χ2v) is 5.53. The lowest BCUT2D eigenvalue weighted by Crippen LogP contribution is -2.17. The van der Waals surface area contributed by atoms with E-state index in [1.54, 1.807) is 13.0 Å². The van der Waals surface area contributed by atoms with E-state index in [9.17, 15) is 12.8 Å². The number of para-hydroxylation sites is 1. The van der Waals surface area contributed by atoms with Gasteiger partial charge in [0.15, 0.2) is 5.03 Å².